The number of esters is 1. The SMILES string of the molecule is CCOC(=O)CN(CC)C(=O)COc1ccc(C)cc1Br. The van der Waals surface area contributed by atoms with E-state index < -0.39 is 5.97 Å². The molecule has 5 nitrogen and oxygen atoms in total. The summed E-state index contributed by atoms with van der Waals surface area (Å²) in [6.07, 6.45) is 0. The highest BCUT2D eigenvalue weighted by molar-refractivity contribution is 9.10. The van der Waals surface area contributed by atoms with Crippen LogP contribution in [0.3, 0.4) is 0 Å². The summed E-state index contributed by atoms with van der Waals surface area (Å²) >= 11 is 3.39. The minimum Gasteiger partial charge on any atom is -0.483 e. The lowest BCUT2D eigenvalue weighted by Crippen LogP contribution is -2.39. The third-order valence-electron chi connectivity index (χ3n) is 2.80. The van der Waals surface area contributed by atoms with Crippen LogP contribution in [0.1, 0.15) is 19.4 Å². The van der Waals surface area contributed by atoms with Gasteiger partial charge in [0.1, 0.15) is 12.3 Å². The highest BCUT2D eigenvalue weighted by atomic mass is 79.9. The van der Waals surface area contributed by atoms with Crippen LogP contribution in [0, 0.1) is 6.92 Å². The Balaban J connectivity index is 2.56. The lowest BCUT2D eigenvalue weighted by Gasteiger charge is -2.20. The molecule has 6 heteroatoms. The summed E-state index contributed by atoms with van der Waals surface area (Å²) < 4.78 is 11.1. The summed E-state index contributed by atoms with van der Waals surface area (Å²) in [4.78, 5) is 24.9. The molecule has 0 aliphatic heterocycles. The van der Waals surface area contributed by atoms with Crippen molar-refractivity contribution in [2.45, 2.75) is 20.8 Å². The number of hydrogen-bond donors (Lipinski definition) is 0. The Kier molecular flexibility index (Phi) is 7.22. The van der Waals surface area contributed by atoms with E-state index in [1.807, 2.05) is 19.1 Å². The molecule has 116 valence electrons. The van der Waals surface area contributed by atoms with Crippen LogP contribution in [0.2, 0.25) is 0 Å². The number of carbonyl (C=O) groups is 2. The molecule has 1 rings (SSSR count). The number of aryl methyl sites for hydroxylation is 1. The van der Waals surface area contributed by atoms with Crippen molar-refractivity contribution in [3.05, 3.63) is 28.2 Å². The smallest absolute Gasteiger partial charge is 0.325 e. The maximum absolute atomic E-state index is 12.0. The Morgan fingerprint density at radius 1 is 1.29 bits per heavy atom. The first-order valence-corrected chi connectivity index (χ1v) is 7.59. The molecule has 0 heterocycles. The number of amides is 1. The summed E-state index contributed by atoms with van der Waals surface area (Å²) in [5.74, 6) is -0.0663. The fourth-order valence-corrected chi connectivity index (χ4v) is 2.30. The Morgan fingerprint density at radius 3 is 2.57 bits per heavy atom. The van der Waals surface area contributed by atoms with Gasteiger partial charge in [0.2, 0.25) is 0 Å². The molecule has 0 aliphatic carbocycles. The third kappa shape index (κ3) is 5.75. The van der Waals surface area contributed by atoms with Crippen molar-refractivity contribution in [1.29, 1.82) is 0 Å². The lowest BCUT2D eigenvalue weighted by atomic mass is 10.2. The molecule has 0 spiro atoms. The summed E-state index contributed by atoms with van der Waals surface area (Å²) in [6.45, 7) is 6.06. The number of ether oxygens (including phenoxy) is 2. The van der Waals surface area contributed by atoms with Crippen LogP contribution in [0.15, 0.2) is 22.7 Å². The van der Waals surface area contributed by atoms with Crippen LogP contribution in [0.25, 0.3) is 0 Å². The number of carbonyl (C=O) groups excluding carboxylic acids is 2. The van der Waals surface area contributed by atoms with E-state index in [9.17, 15) is 9.59 Å². The zero-order valence-electron chi connectivity index (χ0n) is 12.5. The second-order valence-electron chi connectivity index (χ2n) is 4.44. The third-order valence-corrected chi connectivity index (χ3v) is 3.42. The molecule has 0 saturated heterocycles. The molecule has 1 aromatic carbocycles. The van der Waals surface area contributed by atoms with Crippen LogP contribution < -0.4 is 4.74 Å². The highest BCUT2D eigenvalue weighted by Crippen LogP contribution is 2.25. The Bertz CT molecular complexity index is 504. The number of benzene rings is 1. The van der Waals surface area contributed by atoms with Crippen LogP contribution in [0.4, 0.5) is 0 Å². The summed E-state index contributed by atoms with van der Waals surface area (Å²) in [7, 11) is 0. The molecule has 0 fully saturated rings. The second-order valence-corrected chi connectivity index (χ2v) is 5.29. The fourth-order valence-electron chi connectivity index (χ4n) is 1.69. The predicted molar refractivity (Wildman–Crippen MR) is 83.3 cm³/mol. The van der Waals surface area contributed by atoms with Gasteiger partial charge in [-0.05, 0) is 54.4 Å². The van der Waals surface area contributed by atoms with Gasteiger partial charge in [0.15, 0.2) is 6.61 Å². The molecule has 0 bridgehead atoms. The van der Waals surface area contributed by atoms with Crippen molar-refractivity contribution in [2.24, 2.45) is 0 Å². The molecule has 21 heavy (non-hydrogen) atoms. The Hall–Kier alpha value is -1.56. The van der Waals surface area contributed by atoms with Crippen molar-refractivity contribution >= 4 is 27.8 Å². The van der Waals surface area contributed by atoms with Gasteiger partial charge in [0.25, 0.3) is 5.91 Å². The van der Waals surface area contributed by atoms with E-state index in [1.165, 1.54) is 4.90 Å². The zero-order chi connectivity index (χ0) is 15.8. The molecular formula is C15H20BrNO4. The van der Waals surface area contributed by atoms with Crippen molar-refractivity contribution in [3.63, 3.8) is 0 Å². The Labute approximate surface area is 133 Å². The number of nitrogens with zero attached hydrogens (tertiary/aromatic N) is 1. The van der Waals surface area contributed by atoms with Gasteiger partial charge >= 0.3 is 5.97 Å². The minimum atomic E-state index is -0.413. The predicted octanol–water partition coefficient (Wildman–Crippen LogP) is 2.55. The van der Waals surface area contributed by atoms with E-state index in [1.54, 1.807) is 19.9 Å². The number of likely N-dealkylation sites (N-methyl/N-ethyl adjacent to an activating group) is 1. The lowest BCUT2D eigenvalue weighted by molar-refractivity contribution is -0.149. The molecule has 0 unspecified atom stereocenters. The van der Waals surface area contributed by atoms with Crippen LogP contribution in [0.5, 0.6) is 5.75 Å². The first-order valence-electron chi connectivity index (χ1n) is 6.80. The van der Waals surface area contributed by atoms with Gasteiger partial charge in [-0.1, -0.05) is 6.07 Å². The van der Waals surface area contributed by atoms with Gasteiger partial charge in [-0.25, -0.2) is 0 Å². The Morgan fingerprint density at radius 2 is 2.00 bits per heavy atom. The summed E-state index contributed by atoms with van der Waals surface area (Å²) in [5.41, 5.74) is 1.10. The summed E-state index contributed by atoms with van der Waals surface area (Å²) in [6, 6.07) is 5.62. The van der Waals surface area contributed by atoms with Crippen molar-refractivity contribution in [1.82, 2.24) is 4.90 Å². The number of hydrogen-bond acceptors (Lipinski definition) is 4. The van der Waals surface area contributed by atoms with E-state index in [2.05, 4.69) is 15.9 Å². The summed E-state index contributed by atoms with van der Waals surface area (Å²) in [5, 5.41) is 0. The van der Waals surface area contributed by atoms with Gasteiger partial charge in [-0.2, -0.15) is 0 Å². The maximum atomic E-state index is 12.0. The van der Waals surface area contributed by atoms with E-state index >= 15 is 0 Å². The zero-order valence-corrected chi connectivity index (χ0v) is 14.1. The average molecular weight is 358 g/mol. The minimum absolute atomic E-state index is 0.0540. The van der Waals surface area contributed by atoms with Gasteiger partial charge in [-0.15, -0.1) is 0 Å². The van der Waals surface area contributed by atoms with E-state index in [-0.39, 0.29) is 19.1 Å². The largest absolute Gasteiger partial charge is 0.483 e. The second kappa shape index (κ2) is 8.67. The first-order chi connectivity index (χ1) is 9.97. The highest BCUT2D eigenvalue weighted by Gasteiger charge is 2.17. The van der Waals surface area contributed by atoms with Gasteiger partial charge in [-0.3, -0.25) is 9.59 Å². The van der Waals surface area contributed by atoms with E-state index in [0.29, 0.717) is 18.9 Å². The normalized spacial score (nSPS) is 10.1. The molecule has 0 radical (unpaired) electrons. The molecule has 1 amide bonds. The fraction of sp³-hybridized carbons (Fsp3) is 0.467. The number of halogens is 1. The quantitative estimate of drug-likeness (QED) is 0.703. The van der Waals surface area contributed by atoms with Gasteiger partial charge in [0.05, 0.1) is 11.1 Å². The van der Waals surface area contributed by atoms with Crippen LogP contribution >= 0.6 is 15.9 Å². The van der Waals surface area contributed by atoms with Gasteiger partial charge in [0, 0.05) is 6.54 Å². The molecule has 1 aromatic rings. The maximum Gasteiger partial charge on any atom is 0.325 e. The van der Waals surface area contributed by atoms with Crippen molar-refractivity contribution in [3.8, 4) is 5.75 Å². The van der Waals surface area contributed by atoms with Crippen LogP contribution in [-0.4, -0.2) is 43.1 Å². The number of rotatable bonds is 7. The topological polar surface area (TPSA) is 55.8 Å². The van der Waals surface area contributed by atoms with Crippen molar-refractivity contribution < 1.29 is 19.1 Å². The molecule has 0 aromatic heterocycles. The molecule has 0 N–H and O–H groups in total. The first kappa shape index (κ1) is 17.5. The average Bonchev–Trinajstić information content (AvgIpc) is 2.43. The van der Waals surface area contributed by atoms with Gasteiger partial charge < -0.3 is 14.4 Å². The van der Waals surface area contributed by atoms with Crippen LogP contribution in [-0.2, 0) is 14.3 Å². The standard InChI is InChI=1S/C15H20BrNO4/c1-4-17(9-15(19)20-5-2)14(18)10-21-13-7-6-11(3)8-12(13)16/h6-8H,4-5,9-10H2,1-3H3. The van der Waals surface area contributed by atoms with E-state index in [0.717, 1.165) is 10.0 Å². The molecule has 0 saturated carbocycles. The molecule has 0 aliphatic rings. The molecule has 0 atom stereocenters. The molecular weight excluding hydrogens is 338 g/mol. The van der Waals surface area contributed by atoms with Crippen molar-refractivity contribution in [2.75, 3.05) is 26.3 Å². The monoisotopic (exact) mass is 357 g/mol. The van der Waals surface area contributed by atoms with E-state index in [4.69, 9.17) is 9.47 Å².